The molecule has 0 radical (unpaired) electrons. The van der Waals surface area contributed by atoms with Gasteiger partial charge in [-0.15, -0.1) is 0 Å². The molecule has 0 N–H and O–H groups in total. The second-order valence-electron chi connectivity index (χ2n) is 8.47. The first kappa shape index (κ1) is 22.9. The highest BCUT2D eigenvalue weighted by molar-refractivity contribution is 5.69. The number of carbonyl (C=O) groups is 1. The topological polar surface area (TPSA) is 38.8 Å². The summed E-state index contributed by atoms with van der Waals surface area (Å²) in [5, 5.41) is 0. The van der Waals surface area contributed by atoms with Crippen molar-refractivity contribution >= 4 is 11.7 Å². The summed E-state index contributed by atoms with van der Waals surface area (Å²) in [6, 6.07) is 17.2. The SMILES string of the molecule is CCOC(=O)CC/C(C)=C/CC1Cc2cc(OCc3ccccc3)ccc2N(C)C1C. The van der Waals surface area contributed by atoms with Crippen molar-refractivity contribution in [1.82, 2.24) is 0 Å². The van der Waals surface area contributed by atoms with Crippen LogP contribution in [0.15, 0.2) is 60.2 Å². The Morgan fingerprint density at radius 2 is 1.94 bits per heavy atom. The van der Waals surface area contributed by atoms with Crippen LogP contribution in [-0.4, -0.2) is 25.7 Å². The summed E-state index contributed by atoms with van der Waals surface area (Å²) in [5.41, 5.74) is 5.06. The van der Waals surface area contributed by atoms with Crippen LogP contribution >= 0.6 is 0 Å². The fourth-order valence-corrected chi connectivity index (χ4v) is 4.16. The zero-order valence-electron chi connectivity index (χ0n) is 19.3. The molecular formula is C27H35NO3. The van der Waals surface area contributed by atoms with Crippen LogP contribution in [0.4, 0.5) is 5.69 Å². The largest absolute Gasteiger partial charge is 0.489 e. The molecule has 1 heterocycles. The molecule has 1 aliphatic rings. The molecule has 2 unspecified atom stereocenters. The van der Waals surface area contributed by atoms with Crippen molar-refractivity contribution in [2.75, 3.05) is 18.6 Å². The second kappa shape index (κ2) is 11.0. The zero-order valence-corrected chi connectivity index (χ0v) is 19.3. The summed E-state index contributed by atoms with van der Waals surface area (Å²) in [6.45, 7) is 7.29. The third-order valence-corrected chi connectivity index (χ3v) is 6.25. The lowest BCUT2D eigenvalue weighted by Gasteiger charge is -2.40. The van der Waals surface area contributed by atoms with Crippen LogP contribution in [-0.2, 0) is 22.6 Å². The van der Waals surface area contributed by atoms with Gasteiger partial charge in [0.2, 0.25) is 0 Å². The molecule has 3 rings (SSSR count). The van der Waals surface area contributed by atoms with E-state index in [4.69, 9.17) is 9.47 Å². The minimum absolute atomic E-state index is 0.113. The van der Waals surface area contributed by atoms with Crippen LogP contribution in [0, 0.1) is 5.92 Å². The molecule has 4 nitrogen and oxygen atoms in total. The number of ether oxygens (including phenoxy) is 2. The van der Waals surface area contributed by atoms with Crippen LogP contribution in [0.1, 0.15) is 51.2 Å². The first-order valence-corrected chi connectivity index (χ1v) is 11.3. The van der Waals surface area contributed by atoms with Gasteiger partial charge in [-0.05, 0) is 75.3 Å². The smallest absolute Gasteiger partial charge is 0.306 e. The molecule has 0 bridgehead atoms. The van der Waals surface area contributed by atoms with Crippen molar-refractivity contribution in [2.45, 2.75) is 59.1 Å². The molecule has 0 spiro atoms. The number of allylic oxidation sites excluding steroid dienone is 2. The van der Waals surface area contributed by atoms with Crippen LogP contribution in [0.5, 0.6) is 5.75 Å². The van der Waals surface area contributed by atoms with Gasteiger partial charge >= 0.3 is 5.97 Å². The summed E-state index contributed by atoms with van der Waals surface area (Å²) in [5.74, 6) is 1.34. The first-order chi connectivity index (χ1) is 15.0. The summed E-state index contributed by atoms with van der Waals surface area (Å²) in [7, 11) is 2.18. The highest BCUT2D eigenvalue weighted by atomic mass is 16.5. The van der Waals surface area contributed by atoms with Gasteiger partial charge in [0.1, 0.15) is 12.4 Å². The maximum Gasteiger partial charge on any atom is 0.306 e. The standard InChI is InChI=1S/C27H35NO3/c1-5-30-27(29)16-12-20(2)11-13-23-17-24-18-25(14-15-26(24)28(4)21(23)3)31-19-22-9-7-6-8-10-22/h6-11,14-15,18,21,23H,5,12-13,16-17,19H2,1-4H3/b20-11+. The molecule has 2 atom stereocenters. The Morgan fingerprint density at radius 3 is 2.68 bits per heavy atom. The van der Waals surface area contributed by atoms with E-state index in [2.05, 4.69) is 62.2 Å². The number of benzene rings is 2. The average Bonchev–Trinajstić information content (AvgIpc) is 2.78. The lowest BCUT2D eigenvalue weighted by Crippen LogP contribution is -2.40. The van der Waals surface area contributed by atoms with Crippen LogP contribution in [0.2, 0.25) is 0 Å². The highest BCUT2D eigenvalue weighted by Crippen LogP contribution is 2.36. The number of hydrogen-bond acceptors (Lipinski definition) is 4. The number of hydrogen-bond donors (Lipinski definition) is 0. The number of anilines is 1. The predicted octanol–water partition coefficient (Wildman–Crippen LogP) is 5.94. The number of carbonyl (C=O) groups excluding carboxylic acids is 1. The molecule has 0 saturated carbocycles. The van der Waals surface area contributed by atoms with Crippen molar-refractivity contribution < 1.29 is 14.3 Å². The fourth-order valence-electron chi connectivity index (χ4n) is 4.16. The molecule has 31 heavy (non-hydrogen) atoms. The molecule has 1 aliphatic heterocycles. The van der Waals surface area contributed by atoms with E-state index in [1.807, 2.05) is 25.1 Å². The van der Waals surface area contributed by atoms with Crippen molar-refractivity contribution in [3.8, 4) is 5.75 Å². The zero-order chi connectivity index (χ0) is 22.2. The van der Waals surface area contributed by atoms with E-state index in [1.54, 1.807) is 0 Å². The lowest BCUT2D eigenvalue weighted by atomic mass is 9.84. The van der Waals surface area contributed by atoms with E-state index in [9.17, 15) is 4.79 Å². The normalized spacial score (nSPS) is 18.5. The second-order valence-corrected chi connectivity index (χ2v) is 8.47. The highest BCUT2D eigenvalue weighted by Gasteiger charge is 2.28. The van der Waals surface area contributed by atoms with Crippen molar-refractivity contribution in [1.29, 1.82) is 0 Å². The van der Waals surface area contributed by atoms with Gasteiger partial charge in [-0.3, -0.25) is 4.79 Å². The van der Waals surface area contributed by atoms with Gasteiger partial charge in [-0.2, -0.15) is 0 Å². The van der Waals surface area contributed by atoms with Gasteiger partial charge in [0.05, 0.1) is 6.61 Å². The van der Waals surface area contributed by atoms with Crippen molar-refractivity contribution in [3.63, 3.8) is 0 Å². The molecule has 0 aromatic heterocycles. The summed E-state index contributed by atoms with van der Waals surface area (Å²) < 4.78 is 11.1. The number of nitrogens with zero attached hydrogens (tertiary/aromatic N) is 1. The van der Waals surface area contributed by atoms with Gasteiger partial charge in [-0.1, -0.05) is 42.0 Å². The minimum atomic E-state index is -0.113. The summed E-state index contributed by atoms with van der Waals surface area (Å²) in [4.78, 5) is 14.0. The molecule has 2 aromatic carbocycles. The van der Waals surface area contributed by atoms with Gasteiger partial charge < -0.3 is 14.4 Å². The third-order valence-electron chi connectivity index (χ3n) is 6.25. The van der Waals surface area contributed by atoms with E-state index >= 15 is 0 Å². The number of fused-ring (bicyclic) bond motifs is 1. The van der Waals surface area contributed by atoms with Gasteiger partial charge in [0.25, 0.3) is 0 Å². The Labute approximate surface area is 186 Å². The molecule has 166 valence electrons. The van der Waals surface area contributed by atoms with Crippen molar-refractivity contribution in [3.05, 3.63) is 71.3 Å². The first-order valence-electron chi connectivity index (χ1n) is 11.3. The molecule has 4 heteroatoms. The fraction of sp³-hybridized carbons (Fsp3) is 0.444. The molecule has 0 aliphatic carbocycles. The maximum atomic E-state index is 11.6. The Bertz CT molecular complexity index is 891. The van der Waals surface area contributed by atoms with E-state index in [1.165, 1.54) is 22.4 Å². The quantitative estimate of drug-likeness (QED) is 0.371. The Hall–Kier alpha value is -2.75. The molecule has 0 fully saturated rings. The molecule has 0 saturated heterocycles. The monoisotopic (exact) mass is 421 g/mol. The van der Waals surface area contributed by atoms with E-state index in [0.29, 0.717) is 31.6 Å². The van der Waals surface area contributed by atoms with Crippen LogP contribution in [0.3, 0.4) is 0 Å². The van der Waals surface area contributed by atoms with Gasteiger partial charge in [0.15, 0.2) is 0 Å². The lowest BCUT2D eigenvalue weighted by molar-refractivity contribution is -0.143. The predicted molar refractivity (Wildman–Crippen MR) is 127 cm³/mol. The number of rotatable bonds is 9. The van der Waals surface area contributed by atoms with Crippen LogP contribution < -0.4 is 9.64 Å². The molecule has 0 amide bonds. The van der Waals surface area contributed by atoms with Crippen molar-refractivity contribution in [2.24, 2.45) is 5.92 Å². The molecular weight excluding hydrogens is 386 g/mol. The van der Waals surface area contributed by atoms with E-state index in [-0.39, 0.29) is 5.97 Å². The average molecular weight is 422 g/mol. The van der Waals surface area contributed by atoms with E-state index in [0.717, 1.165) is 25.0 Å². The Morgan fingerprint density at radius 1 is 1.16 bits per heavy atom. The van der Waals surface area contributed by atoms with Gasteiger partial charge in [-0.25, -0.2) is 0 Å². The molecule has 2 aromatic rings. The summed E-state index contributed by atoms with van der Waals surface area (Å²) >= 11 is 0. The maximum absolute atomic E-state index is 11.6. The third kappa shape index (κ3) is 6.36. The number of esters is 1. The Balaban J connectivity index is 1.62. The Kier molecular flexibility index (Phi) is 8.16. The summed E-state index contributed by atoms with van der Waals surface area (Å²) in [6.07, 6.45) is 5.57. The minimum Gasteiger partial charge on any atom is -0.489 e. The van der Waals surface area contributed by atoms with Crippen LogP contribution in [0.25, 0.3) is 0 Å². The van der Waals surface area contributed by atoms with Gasteiger partial charge in [0, 0.05) is 25.2 Å². The van der Waals surface area contributed by atoms with E-state index < -0.39 is 0 Å².